The van der Waals surface area contributed by atoms with E-state index in [9.17, 15) is 14.7 Å². The molecule has 2 atom stereocenters. The van der Waals surface area contributed by atoms with Crippen molar-refractivity contribution in [3.63, 3.8) is 0 Å². The molecular formula is C10H20N2O4S. The number of hydrogen-bond acceptors (Lipinski definition) is 4. The minimum atomic E-state index is -1.94. The normalized spacial score (nSPS) is 15.8. The van der Waals surface area contributed by atoms with E-state index in [1.54, 1.807) is 11.8 Å². The number of carboxylic acids is 1. The highest BCUT2D eigenvalue weighted by molar-refractivity contribution is 7.98. The molecule has 0 spiro atoms. The van der Waals surface area contributed by atoms with Gasteiger partial charge in [0.2, 0.25) is 0 Å². The van der Waals surface area contributed by atoms with Crippen LogP contribution >= 0.6 is 11.8 Å². The van der Waals surface area contributed by atoms with Crippen molar-refractivity contribution in [1.82, 2.24) is 10.6 Å². The Hall–Kier alpha value is -0.950. The molecule has 2 amide bonds. The molecule has 0 aromatic rings. The third kappa shape index (κ3) is 7.06. The van der Waals surface area contributed by atoms with Crippen LogP contribution in [0.1, 0.15) is 13.8 Å². The van der Waals surface area contributed by atoms with Gasteiger partial charge in [0, 0.05) is 6.54 Å². The van der Waals surface area contributed by atoms with Gasteiger partial charge >= 0.3 is 12.0 Å². The summed E-state index contributed by atoms with van der Waals surface area (Å²) in [5.74, 6) is -0.0862. The first-order valence-electron chi connectivity index (χ1n) is 5.26. The number of hydrogen-bond donors (Lipinski definition) is 4. The summed E-state index contributed by atoms with van der Waals surface area (Å²) in [5, 5.41) is 22.9. The topological polar surface area (TPSA) is 98.7 Å². The van der Waals surface area contributed by atoms with Crippen LogP contribution in [-0.2, 0) is 4.79 Å². The Kier molecular flexibility index (Phi) is 6.98. The molecule has 0 saturated carbocycles. The van der Waals surface area contributed by atoms with E-state index in [2.05, 4.69) is 10.6 Å². The number of carboxylic acid groups (broad SMARTS) is 1. The van der Waals surface area contributed by atoms with E-state index in [4.69, 9.17) is 5.11 Å². The standard InChI is InChI=1S/C10H20N2O4S/c1-7(5-17-3)4-11-9(15)12-6-10(2,16)8(13)14/h7,16H,4-6H2,1-3H3,(H,13,14)(H2,11,12,15). The van der Waals surface area contributed by atoms with Crippen molar-refractivity contribution in [1.29, 1.82) is 0 Å². The van der Waals surface area contributed by atoms with Gasteiger partial charge in [-0.2, -0.15) is 11.8 Å². The fourth-order valence-electron chi connectivity index (χ4n) is 1.00. The molecule has 0 aromatic heterocycles. The smallest absolute Gasteiger partial charge is 0.337 e. The highest BCUT2D eigenvalue weighted by Crippen LogP contribution is 2.03. The van der Waals surface area contributed by atoms with Crippen LogP contribution in [0.3, 0.4) is 0 Å². The van der Waals surface area contributed by atoms with Crippen LogP contribution in [0.2, 0.25) is 0 Å². The lowest BCUT2D eigenvalue weighted by molar-refractivity contribution is -0.155. The van der Waals surface area contributed by atoms with Crippen molar-refractivity contribution >= 4 is 23.8 Å². The second-order valence-corrected chi connectivity index (χ2v) is 5.11. The lowest BCUT2D eigenvalue weighted by Crippen LogP contribution is -2.49. The van der Waals surface area contributed by atoms with Gasteiger partial charge in [-0.15, -0.1) is 0 Å². The summed E-state index contributed by atoms with van der Waals surface area (Å²) in [6, 6.07) is -0.473. The van der Waals surface area contributed by atoms with Gasteiger partial charge in [0.1, 0.15) is 0 Å². The molecule has 0 aliphatic heterocycles. The number of carbonyl (C=O) groups is 2. The van der Waals surface area contributed by atoms with Crippen LogP contribution in [-0.4, -0.2) is 52.9 Å². The average Bonchev–Trinajstić information content (AvgIpc) is 2.24. The molecule has 0 bridgehead atoms. The number of thioether (sulfide) groups is 1. The summed E-state index contributed by atoms with van der Waals surface area (Å²) in [7, 11) is 0. The van der Waals surface area contributed by atoms with Crippen molar-refractivity contribution < 1.29 is 19.8 Å². The average molecular weight is 264 g/mol. The maximum absolute atomic E-state index is 11.3. The van der Waals surface area contributed by atoms with Gasteiger partial charge in [0.25, 0.3) is 0 Å². The zero-order valence-corrected chi connectivity index (χ0v) is 11.1. The van der Waals surface area contributed by atoms with Gasteiger partial charge in [-0.3, -0.25) is 0 Å². The number of aliphatic carboxylic acids is 1. The molecule has 4 N–H and O–H groups in total. The summed E-state index contributed by atoms with van der Waals surface area (Å²) in [6.07, 6.45) is 1.99. The summed E-state index contributed by atoms with van der Waals surface area (Å²) < 4.78 is 0. The lowest BCUT2D eigenvalue weighted by atomic mass is 10.1. The third-order valence-electron chi connectivity index (χ3n) is 2.12. The molecule has 0 aliphatic carbocycles. The maximum atomic E-state index is 11.3. The Bertz CT molecular complexity index is 271. The van der Waals surface area contributed by atoms with Gasteiger partial charge in [-0.1, -0.05) is 6.92 Å². The van der Waals surface area contributed by atoms with Crippen molar-refractivity contribution in [2.75, 3.05) is 25.1 Å². The Morgan fingerprint density at radius 2 is 2.00 bits per heavy atom. The second-order valence-electron chi connectivity index (χ2n) is 4.20. The Morgan fingerprint density at radius 3 is 2.47 bits per heavy atom. The number of nitrogens with one attached hydrogen (secondary N) is 2. The van der Waals surface area contributed by atoms with Crippen molar-refractivity contribution in [2.45, 2.75) is 19.4 Å². The van der Waals surface area contributed by atoms with E-state index in [1.165, 1.54) is 0 Å². The predicted octanol–water partition coefficient (Wildman–Crippen LogP) is 0.120. The maximum Gasteiger partial charge on any atom is 0.337 e. The molecule has 2 unspecified atom stereocenters. The summed E-state index contributed by atoms with van der Waals surface area (Å²) in [6.45, 7) is 3.32. The highest BCUT2D eigenvalue weighted by Gasteiger charge is 2.30. The number of rotatable bonds is 7. The molecule has 100 valence electrons. The lowest BCUT2D eigenvalue weighted by Gasteiger charge is -2.19. The zero-order chi connectivity index (χ0) is 13.5. The van der Waals surface area contributed by atoms with E-state index in [0.29, 0.717) is 12.5 Å². The molecule has 0 saturated heterocycles. The van der Waals surface area contributed by atoms with Crippen LogP contribution in [0, 0.1) is 5.92 Å². The first-order valence-corrected chi connectivity index (χ1v) is 6.65. The van der Waals surface area contributed by atoms with E-state index >= 15 is 0 Å². The Morgan fingerprint density at radius 1 is 1.41 bits per heavy atom. The molecule has 0 fully saturated rings. The number of aliphatic hydroxyl groups is 1. The third-order valence-corrected chi connectivity index (χ3v) is 3.02. The van der Waals surface area contributed by atoms with Crippen LogP contribution < -0.4 is 10.6 Å². The van der Waals surface area contributed by atoms with Crippen LogP contribution in [0.15, 0.2) is 0 Å². The van der Waals surface area contributed by atoms with Crippen molar-refractivity contribution in [3.8, 4) is 0 Å². The number of carbonyl (C=O) groups excluding carboxylic acids is 1. The van der Waals surface area contributed by atoms with Crippen LogP contribution in [0.25, 0.3) is 0 Å². The SMILES string of the molecule is CSCC(C)CNC(=O)NCC(C)(O)C(=O)O. The zero-order valence-electron chi connectivity index (χ0n) is 10.3. The number of amides is 2. The molecular weight excluding hydrogens is 244 g/mol. The largest absolute Gasteiger partial charge is 0.479 e. The molecule has 6 nitrogen and oxygen atoms in total. The van der Waals surface area contributed by atoms with E-state index < -0.39 is 17.6 Å². The minimum absolute atomic E-state index is 0.328. The van der Waals surface area contributed by atoms with E-state index in [-0.39, 0.29) is 6.54 Å². The molecule has 0 aromatic carbocycles. The van der Waals surface area contributed by atoms with Gasteiger partial charge in [-0.05, 0) is 24.9 Å². The summed E-state index contributed by atoms with van der Waals surface area (Å²) >= 11 is 1.69. The molecule has 0 heterocycles. The minimum Gasteiger partial charge on any atom is -0.479 e. The fraction of sp³-hybridized carbons (Fsp3) is 0.800. The molecule has 0 aliphatic rings. The summed E-state index contributed by atoms with van der Waals surface area (Å²) in [4.78, 5) is 21.8. The first-order chi connectivity index (χ1) is 7.79. The first kappa shape index (κ1) is 16.1. The molecule has 17 heavy (non-hydrogen) atoms. The quantitative estimate of drug-likeness (QED) is 0.523. The van der Waals surface area contributed by atoms with Crippen LogP contribution in [0.5, 0.6) is 0 Å². The fourth-order valence-corrected chi connectivity index (χ4v) is 1.69. The van der Waals surface area contributed by atoms with Gasteiger partial charge in [0.15, 0.2) is 5.60 Å². The second kappa shape index (κ2) is 7.39. The predicted molar refractivity (Wildman–Crippen MR) is 67.2 cm³/mol. The molecule has 0 radical (unpaired) electrons. The Balaban J connectivity index is 3.84. The monoisotopic (exact) mass is 264 g/mol. The van der Waals surface area contributed by atoms with Crippen LogP contribution in [0.4, 0.5) is 4.79 Å². The van der Waals surface area contributed by atoms with Gasteiger partial charge < -0.3 is 20.8 Å². The highest BCUT2D eigenvalue weighted by atomic mass is 32.2. The number of urea groups is 1. The molecule has 0 rings (SSSR count). The van der Waals surface area contributed by atoms with E-state index in [0.717, 1.165) is 12.7 Å². The summed E-state index contributed by atoms with van der Waals surface area (Å²) in [5.41, 5.74) is -1.94. The van der Waals surface area contributed by atoms with Crippen molar-refractivity contribution in [2.24, 2.45) is 5.92 Å². The van der Waals surface area contributed by atoms with Crippen molar-refractivity contribution in [3.05, 3.63) is 0 Å². The van der Waals surface area contributed by atoms with E-state index in [1.807, 2.05) is 13.2 Å². The Labute approximate surface area is 105 Å². The molecule has 7 heteroatoms. The van der Waals surface area contributed by atoms with Gasteiger partial charge in [0.05, 0.1) is 6.54 Å². The van der Waals surface area contributed by atoms with Gasteiger partial charge in [-0.25, -0.2) is 9.59 Å².